The number of nitrogens with two attached hydrogens (primary N) is 1. The Hall–Kier alpha value is -3.07. The van der Waals surface area contributed by atoms with Gasteiger partial charge in [0.2, 0.25) is 0 Å². The van der Waals surface area contributed by atoms with Crippen LogP contribution in [-0.4, -0.2) is 16.1 Å². The van der Waals surface area contributed by atoms with Crippen molar-refractivity contribution < 1.29 is 9.90 Å². The SMILES string of the molecule is Cc1ccc(C#N)cc1Nc1ncc(C(=O)O)cc1N. The van der Waals surface area contributed by atoms with Crippen LogP contribution in [0, 0.1) is 18.3 Å². The first-order valence-electron chi connectivity index (χ1n) is 5.78. The summed E-state index contributed by atoms with van der Waals surface area (Å²) in [7, 11) is 0. The Labute approximate surface area is 115 Å². The highest BCUT2D eigenvalue weighted by molar-refractivity contribution is 5.89. The zero-order valence-electron chi connectivity index (χ0n) is 10.7. The second kappa shape index (κ2) is 5.28. The number of benzene rings is 1. The van der Waals surface area contributed by atoms with Gasteiger partial charge in [-0.3, -0.25) is 0 Å². The van der Waals surface area contributed by atoms with Crippen molar-refractivity contribution in [2.75, 3.05) is 11.1 Å². The van der Waals surface area contributed by atoms with Crippen molar-refractivity contribution in [1.82, 2.24) is 4.98 Å². The van der Waals surface area contributed by atoms with E-state index in [0.717, 1.165) is 5.56 Å². The minimum atomic E-state index is -1.08. The molecule has 2 aromatic rings. The van der Waals surface area contributed by atoms with Gasteiger partial charge in [-0.1, -0.05) is 6.07 Å². The van der Waals surface area contributed by atoms with Crippen molar-refractivity contribution in [2.45, 2.75) is 6.92 Å². The lowest BCUT2D eigenvalue weighted by molar-refractivity contribution is 0.0696. The summed E-state index contributed by atoms with van der Waals surface area (Å²) < 4.78 is 0. The van der Waals surface area contributed by atoms with E-state index < -0.39 is 5.97 Å². The molecule has 6 nitrogen and oxygen atoms in total. The predicted molar refractivity (Wildman–Crippen MR) is 74.8 cm³/mol. The van der Waals surface area contributed by atoms with Gasteiger partial charge in [0.15, 0.2) is 5.82 Å². The number of nitrogens with zero attached hydrogens (tertiary/aromatic N) is 2. The maximum absolute atomic E-state index is 10.8. The lowest BCUT2D eigenvalue weighted by Gasteiger charge is -2.11. The maximum Gasteiger partial charge on any atom is 0.337 e. The average molecular weight is 268 g/mol. The number of nitriles is 1. The van der Waals surface area contributed by atoms with Gasteiger partial charge in [-0.05, 0) is 30.7 Å². The van der Waals surface area contributed by atoms with Crippen LogP contribution in [0.1, 0.15) is 21.5 Å². The van der Waals surface area contributed by atoms with E-state index in [4.69, 9.17) is 16.1 Å². The Kier molecular flexibility index (Phi) is 3.53. The van der Waals surface area contributed by atoms with Crippen molar-refractivity contribution in [1.29, 1.82) is 5.26 Å². The van der Waals surface area contributed by atoms with E-state index in [9.17, 15) is 4.79 Å². The number of aromatic nitrogens is 1. The van der Waals surface area contributed by atoms with Crippen LogP contribution in [0.4, 0.5) is 17.2 Å². The maximum atomic E-state index is 10.8. The Balaban J connectivity index is 2.35. The van der Waals surface area contributed by atoms with Gasteiger partial charge in [0.05, 0.1) is 22.9 Å². The Morgan fingerprint density at radius 2 is 2.20 bits per heavy atom. The Morgan fingerprint density at radius 3 is 2.80 bits per heavy atom. The summed E-state index contributed by atoms with van der Waals surface area (Å²) in [5.41, 5.74) is 8.16. The highest BCUT2D eigenvalue weighted by Crippen LogP contribution is 2.24. The van der Waals surface area contributed by atoms with Crippen LogP contribution in [0.5, 0.6) is 0 Å². The summed E-state index contributed by atoms with van der Waals surface area (Å²) in [5, 5.41) is 20.7. The number of hydrogen-bond donors (Lipinski definition) is 3. The molecular weight excluding hydrogens is 256 g/mol. The highest BCUT2D eigenvalue weighted by Gasteiger charge is 2.09. The van der Waals surface area contributed by atoms with Crippen LogP contribution in [0.2, 0.25) is 0 Å². The van der Waals surface area contributed by atoms with Crippen LogP contribution in [0.3, 0.4) is 0 Å². The summed E-state index contributed by atoms with van der Waals surface area (Å²) in [6, 6.07) is 8.59. The van der Waals surface area contributed by atoms with Crippen molar-refractivity contribution in [2.24, 2.45) is 0 Å². The molecule has 0 saturated heterocycles. The monoisotopic (exact) mass is 268 g/mol. The van der Waals surface area contributed by atoms with E-state index in [0.29, 0.717) is 17.1 Å². The molecule has 0 fully saturated rings. The first kappa shape index (κ1) is 13.4. The van der Waals surface area contributed by atoms with Gasteiger partial charge in [-0.15, -0.1) is 0 Å². The first-order valence-corrected chi connectivity index (χ1v) is 5.78. The van der Waals surface area contributed by atoms with Crippen LogP contribution in [-0.2, 0) is 0 Å². The van der Waals surface area contributed by atoms with E-state index in [-0.39, 0.29) is 11.3 Å². The number of rotatable bonds is 3. The summed E-state index contributed by atoms with van der Waals surface area (Å²) in [4.78, 5) is 14.8. The molecule has 0 bridgehead atoms. The summed E-state index contributed by atoms with van der Waals surface area (Å²) >= 11 is 0. The van der Waals surface area contributed by atoms with E-state index in [1.807, 2.05) is 19.1 Å². The first-order chi connectivity index (χ1) is 9.51. The van der Waals surface area contributed by atoms with Crippen LogP contribution < -0.4 is 11.1 Å². The van der Waals surface area contributed by atoms with Crippen LogP contribution in [0.25, 0.3) is 0 Å². The van der Waals surface area contributed by atoms with E-state index in [1.165, 1.54) is 12.3 Å². The van der Waals surface area contributed by atoms with Gasteiger partial charge in [-0.25, -0.2) is 9.78 Å². The van der Waals surface area contributed by atoms with Crippen molar-refractivity contribution in [3.63, 3.8) is 0 Å². The largest absolute Gasteiger partial charge is 0.478 e. The van der Waals surface area contributed by atoms with E-state index in [1.54, 1.807) is 12.1 Å². The molecule has 20 heavy (non-hydrogen) atoms. The quantitative estimate of drug-likeness (QED) is 0.787. The van der Waals surface area contributed by atoms with Crippen molar-refractivity contribution in [3.8, 4) is 6.07 Å². The van der Waals surface area contributed by atoms with Crippen LogP contribution >= 0.6 is 0 Å². The molecule has 0 aliphatic carbocycles. The molecule has 6 heteroatoms. The van der Waals surface area contributed by atoms with Gasteiger partial charge in [-0.2, -0.15) is 5.26 Å². The fourth-order valence-electron chi connectivity index (χ4n) is 1.66. The minimum absolute atomic E-state index is 0.0237. The molecular formula is C14H12N4O2. The number of hydrogen-bond acceptors (Lipinski definition) is 5. The topological polar surface area (TPSA) is 112 Å². The highest BCUT2D eigenvalue weighted by atomic mass is 16.4. The molecule has 0 aliphatic heterocycles. The standard InChI is InChI=1S/C14H12N4O2/c1-8-2-3-9(6-15)4-12(8)18-13-11(16)5-10(7-17-13)14(19)20/h2-5,7H,16H2,1H3,(H,17,18)(H,19,20). The lowest BCUT2D eigenvalue weighted by Crippen LogP contribution is -2.04. The van der Waals surface area contributed by atoms with E-state index in [2.05, 4.69) is 10.3 Å². The fraction of sp³-hybridized carbons (Fsp3) is 0.0714. The molecule has 0 saturated carbocycles. The molecule has 1 aromatic carbocycles. The van der Waals surface area contributed by atoms with Crippen molar-refractivity contribution >= 4 is 23.2 Å². The molecule has 0 amide bonds. The minimum Gasteiger partial charge on any atom is -0.478 e. The van der Waals surface area contributed by atoms with Gasteiger partial charge < -0.3 is 16.2 Å². The molecule has 0 atom stereocenters. The molecule has 0 radical (unpaired) electrons. The van der Waals surface area contributed by atoms with Gasteiger partial charge in [0.1, 0.15) is 0 Å². The zero-order chi connectivity index (χ0) is 14.7. The van der Waals surface area contributed by atoms with Crippen LogP contribution in [0.15, 0.2) is 30.5 Å². The second-order valence-corrected chi connectivity index (χ2v) is 4.23. The summed E-state index contributed by atoms with van der Waals surface area (Å²) in [6.07, 6.45) is 1.23. The molecule has 0 spiro atoms. The normalized spacial score (nSPS) is 9.80. The number of carboxylic acid groups (broad SMARTS) is 1. The average Bonchev–Trinajstić information content (AvgIpc) is 2.43. The Bertz CT molecular complexity index is 720. The third-order valence-electron chi connectivity index (χ3n) is 2.78. The number of anilines is 3. The molecule has 0 aliphatic rings. The second-order valence-electron chi connectivity index (χ2n) is 4.23. The summed E-state index contributed by atoms with van der Waals surface area (Å²) in [6.45, 7) is 1.88. The lowest BCUT2D eigenvalue weighted by atomic mass is 10.1. The number of aromatic carboxylic acids is 1. The van der Waals surface area contributed by atoms with Gasteiger partial charge in [0.25, 0.3) is 0 Å². The molecule has 0 unspecified atom stereocenters. The Morgan fingerprint density at radius 1 is 1.45 bits per heavy atom. The molecule has 100 valence electrons. The number of carboxylic acids is 1. The van der Waals surface area contributed by atoms with Gasteiger partial charge >= 0.3 is 5.97 Å². The number of carbonyl (C=O) groups is 1. The molecule has 2 rings (SSSR count). The number of aryl methyl sites for hydroxylation is 1. The fourth-order valence-corrected chi connectivity index (χ4v) is 1.66. The smallest absolute Gasteiger partial charge is 0.337 e. The van der Waals surface area contributed by atoms with E-state index >= 15 is 0 Å². The molecule has 1 heterocycles. The molecule has 4 N–H and O–H groups in total. The van der Waals surface area contributed by atoms with Crippen molar-refractivity contribution in [3.05, 3.63) is 47.2 Å². The zero-order valence-corrected chi connectivity index (χ0v) is 10.7. The van der Waals surface area contributed by atoms with Gasteiger partial charge in [0, 0.05) is 11.9 Å². The third-order valence-corrected chi connectivity index (χ3v) is 2.78. The number of pyridine rings is 1. The summed E-state index contributed by atoms with van der Waals surface area (Å²) in [5.74, 6) is -0.730. The third kappa shape index (κ3) is 2.67. The predicted octanol–water partition coefficient (Wildman–Crippen LogP) is 2.29. The number of nitrogens with one attached hydrogen (secondary N) is 1. The molecule has 1 aromatic heterocycles. The number of nitrogen functional groups attached to an aromatic ring is 1.